The number of benzene rings is 1. The summed E-state index contributed by atoms with van der Waals surface area (Å²) in [5, 5.41) is 11.0. The minimum absolute atomic E-state index is 0.00469. The molecule has 150 valence electrons. The summed E-state index contributed by atoms with van der Waals surface area (Å²) in [6, 6.07) is 10.0. The van der Waals surface area contributed by atoms with Gasteiger partial charge in [0.1, 0.15) is 11.5 Å². The predicted molar refractivity (Wildman–Crippen MR) is 108 cm³/mol. The Bertz CT molecular complexity index is 948. The Labute approximate surface area is 169 Å². The number of carbonyl (C=O) groups is 2. The standard InChI is InChI=1S/C23H24N2O4/c1-2-29-18-9-5-6-16(14-18)20-19(21(26)15-10-12-24-13-11-15)22(27)23(28)25(20)17-7-3-4-8-17/h5-6,9-14,17,20,26H,2-4,7-8H2,1H3/b21-19-. The molecule has 6 nitrogen and oxygen atoms in total. The van der Waals surface area contributed by atoms with Crippen LogP contribution in [0.15, 0.2) is 54.4 Å². The van der Waals surface area contributed by atoms with Crippen LogP contribution in [0.2, 0.25) is 0 Å². The van der Waals surface area contributed by atoms with Gasteiger partial charge in [0.15, 0.2) is 0 Å². The average Bonchev–Trinajstić information content (AvgIpc) is 3.36. The van der Waals surface area contributed by atoms with E-state index in [4.69, 9.17) is 4.74 Å². The molecule has 0 bridgehead atoms. The molecule has 2 fully saturated rings. The van der Waals surface area contributed by atoms with Gasteiger partial charge in [-0.25, -0.2) is 0 Å². The van der Waals surface area contributed by atoms with Crippen molar-refractivity contribution in [1.82, 2.24) is 9.88 Å². The van der Waals surface area contributed by atoms with Crippen LogP contribution in [0.4, 0.5) is 0 Å². The highest BCUT2D eigenvalue weighted by Crippen LogP contribution is 2.43. The molecule has 1 amide bonds. The van der Waals surface area contributed by atoms with Crippen LogP contribution in [0, 0.1) is 0 Å². The maximum atomic E-state index is 13.0. The van der Waals surface area contributed by atoms with Crippen molar-refractivity contribution in [3.8, 4) is 5.75 Å². The first-order valence-corrected chi connectivity index (χ1v) is 10.0. The lowest BCUT2D eigenvalue weighted by molar-refractivity contribution is -0.141. The van der Waals surface area contributed by atoms with Gasteiger partial charge in [-0.05, 0) is 49.6 Å². The minimum Gasteiger partial charge on any atom is -0.507 e. The largest absolute Gasteiger partial charge is 0.507 e. The lowest BCUT2D eigenvalue weighted by Gasteiger charge is -2.31. The van der Waals surface area contributed by atoms with E-state index in [0.29, 0.717) is 17.9 Å². The van der Waals surface area contributed by atoms with E-state index in [1.165, 1.54) is 0 Å². The van der Waals surface area contributed by atoms with Gasteiger partial charge in [0, 0.05) is 24.0 Å². The molecule has 1 saturated heterocycles. The highest BCUT2D eigenvalue weighted by Gasteiger charge is 2.49. The Morgan fingerprint density at radius 2 is 1.90 bits per heavy atom. The van der Waals surface area contributed by atoms with E-state index in [1.807, 2.05) is 31.2 Å². The van der Waals surface area contributed by atoms with Crippen molar-refractivity contribution in [3.05, 3.63) is 65.5 Å². The zero-order chi connectivity index (χ0) is 20.4. The van der Waals surface area contributed by atoms with E-state index < -0.39 is 17.7 Å². The summed E-state index contributed by atoms with van der Waals surface area (Å²) >= 11 is 0. The lowest BCUT2D eigenvalue weighted by atomic mass is 9.94. The highest BCUT2D eigenvalue weighted by atomic mass is 16.5. The molecule has 1 unspecified atom stereocenters. The number of ketones is 1. The molecule has 1 saturated carbocycles. The molecule has 1 N–H and O–H groups in total. The fourth-order valence-corrected chi connectivity index (χ4v) is 4.34. The number of Topliss-reactive ketones (excluding diaryl/α,β-unsaturated/α-hetero) is 1. The third kappa shape index (κ3) is 3.50. The van der Waals surface area contributed by atoms with Crippen LogP contribution in [0.5, 0.6) is 5.75 Å². The van der Waals surface area contributed by atoms with Crippen molar-refractivity contribution in [3.63, 3.8) is 0 Å². The normalized spacial score (nSPS) is 21.7. The van der Waals surface area contributed by atoms with E-state index in [-0.39, 0.29) is 17.4 Å². The summed E-state index contributed by atoms with van der Waals surface area (Å²) in [5.41, 5.74) is 1.36. The SMILES string of the molecule is CCOc1cccc(C2/C(=C(/O)c3ccncc3)C(=O)C(=O)N2C2CCCC2)c1. The number of pyridine rings is 1. The van der Waals surface area contributed by atoms with Crippen LogP contribution in [0.25, 0.3) is 5.76 Å². The Kier molecular flexibility index (Phi) is 5.34. The van der Waals surface area contributed by atoms with Gasteiger partial charge in [-0.15, -0.1) is 0 Å². The number of likely N-dealkylation sites (tertiary alicyclic amines) is 1. The van der Waals surface area contributed by atoms with Crippen molar-refractivity contribution in [2.75, 3.05) is 6.61 Å². The number of aliphatic hydroxyl groups is 1. The maximum Gasteiger partial charge on any atom is 0.295 e. The molecule has 2 aliphatic rings. The molecule has 6 heteroatoms. The Morgan fingerprint density at radius 3 is 2.59 bits per heavy atom. The number of carbonyl (C=O) groups excluding carboxylic acids is 2. The Balaban J connectivity index is 1.87. The van der Waals surface area contributed by atoms with Gasteiger partial charge in [-0.3, -0.25) is 14.6 Å². The second-order valence-electron chi connectivity index (χ2n) is 7.39. The summed E-state index contributed by atoms with van der Waals surface area (Å²) in [4.78, 5) is 31.7. The number of aliphatic hydroxyl groups excluding tert-OH is 1. The summed E-state index contributed by atoms with van der Waals surface area (Å²) in [7, 11) is 0. The van der Waals surface area contributed by atoms with E-state index in [9.17, 15) is 14.7 Å². The molecule has 1 aromatic carbocycles. The number of hydrogen-bond donors (Lipinski definition) is 1. The summed E-state index contributed by atoms with van der Waals surface area (Å²) in [6.07, 6.45) is 6.89. The van der Waals surface area contributed by atoms with Crippen molar-refractivity contribution in [1.29, 1.82) is 0 Å². The monoisotopic (exact) mass is 392 g/mol. The zero-order valence-electron chi connectivity index (χ0n) is 16.4. The number of rotatable bonds is 5. The van der Waals surface area contributed by atoms with Crippen LogP contribution >= 0.6 is 0 Å². The van der Waals surface area contributed by atoms with Crippen molar-refractivity contribution in [2.24, 2.45) is 0 Å². The third-order valence-electron chi connectivity index (χ3n) is 5.64. The maximum absolute atomic E-state index is 13.0. The van der Waals surface area contributed by atoms with E-state index in [0.717, 1.165) is 31.2 Å². The van der Waals surface area contributed by atoms with Crippen molar-refractivity contribution >= 4 is 17.4 Å². The molecular weight excluding hydrogens is 368 g/mol. The molecule has 1 atom stereocenters. The number of amides is 1. The van der Waals surface area contributed by atoms with Gasteiger partial charge in [-0.1, -0.05) is 25.0 Å². The molecule has 0 radical (unpaired) electrons. The van der Waals surface area contributed by atoms with Crippen LogP contribution in [-0.2, 0) is 9.59 Å². The van der Waals surface area contributed by atoms with E-state index in [2.05, 4.69) is 4.98 Å². The van der Waals surface area contributed by atoms with Gasteiger partial charge >= 0.3 is 0 Å². The molecule has 4 rings (SSSR count). The molecular formula is C23H24N2O4. The number of hydrogen-bond acceptors (Lipinski definition) is 5. The molecule has 29 heavy (non-hydrogen) atoms. The van der Waals surface area contributed by atoms with Crippen molar-refractivity contribution in [2.45, 2.75) is 44.7 Å². The van der Waals surface area contributed by atoms with Crippen LogP contribution < -0.4 is 4.74 Å². The van der Waals surface area contributed by atoms with E-state index >= 15 is 0 Å². The molecule has 2 aromatic rings. The smallest absolute Gasteiger partial charge is 0.295 e. The van der Waals surface area contributed by atoms with Crippen molar-refractivity contribution < 1.29 is 19.4 Å². The molecule has 1 aliphatic heterocycles. The number of nitrogens with zero attached hydrogens (tertiary/aromatic N) is 2. The van der Waals surface area contributed by atoms with Crippen LogP contribution in [0.3, 0.4) is 0 Å². The number of ether oxygens (including phenoxy) is 1. The second-order valence-corrected chi connectivity index (χ2v) is 7.39. The molecule has 1 aliphatic carbocycles. The predicted octanol–water partition coefficient (Wildman–Crippen LogP) is 3.84. The minimum atomic E-state index is -0.641. The summed E-state index contributed by atoms with van der Waals surface area (Å²) < 4.78 is 5.63. The highest BCUT2D eigenvalue weighted by molar-refractivity contribution is 6.46. The fourth-order valence-electron chi connectivity index (χ4n) is 4.34. The summed E-state index contributed by atoms with van der Waals surface area (Å²) in [6.45, 7) is 2.42. The first kappa shape index (κ1) is 19.2. The Hall–Kier alpha value is -3.15. The first-order valence-electron chi connectivity index (χ1n) is 10.0. The second kappa shape index (κ2) is 8.07. The van der Waals surface area contributed by atoms with Gasteiger partial charge in [0.2, 0.25) is 0 Å². The third-order valence-corrected chi connectivity index (χ3v) is 5.64. The quantitative estimate of drug-likeness (QED) is 0.475. The van der Waals surface area contributed by atoms with E-state index in [1.54, 1.807) is 29.4 Å². The number of aromatic nitrogens is 1. The van der Waals surface area contributed by atoms with Crippen LogP contribution in [-0.4, -0.2) is 39.3 Å². The first-order chi connectivity index (χ1) is 14.1. The zero-order valence-corrected chi connectivity index (χ0v) is 16.4. The Morgan fingerprint density at radius 1 is 1.17 bits per heavy atom. The van der Waals surface area contributed by atoms with Gasteiger partial charge < -0.3 is 14.7 Å². The van der Waals surface area contributed by atoms with Gasteiger partial charge in [-0.2, -0.15) is 0 Å². The van der Waals surface area contributed by atoms with Gasteiger partial charge in [0.25, 0.3) is 11.7 Å². The molecule has 2 heterocycles. The average molecular weight is 392 g/mol. The topological polar surface area (TPSA) is 79.7 Å². The lowest BCUT2D eigenvalue weighted by Crippen LogP contribution is -2.37. The fraction of sp³-hybridized carbons (Fsp3) is 0.348. The van der Waals surface area contributed by atoms with Crippen LogP contribution in [0.1, 0.15) is 49.8 Å². The summed E-state index contributed by atoms with van der Waals surface area (Å²) in [5.74, 6) is -0.679. The van der Waals surface area contributed by atoms with Gasteiger partial charge in [0.05, 0.1) is 18.2 Å². The molecule has 0 spiro atoms. The molecule has 1 aromatic heterocycles.